The molecule has 0 aliphatic carbocycles. The van der Waals surface area contributed by atoms with Crippen molar-refractivity contribution >= 4 is 24.6 Å². The van der Waals surface area contributed by atoms with E-state index in [9.17, 15) is 9.18 Å². The van der Waals surface area contributed by atoms with Gasteiger partial charge in [-0.1, -0.05) is 0 Å². The summed E-state index contributed by atoms with van der Waals surface area (Å²) >= 11 is 0. The van der Waals surface area contributed by atoms with E-state index in [-0.39, 0.29) is 11.6 Å². The first-order valence-electron chi connectivity index (χ1n) is 5.69. The van der Waals surface area contributed by atoms with Crippen molar-refractivity contribution in [2.24, 2.45) is 0 Å². The maximum Gasteiger partial charge on any atom is 0.215 e. The van der Waals surface area contributed by atoms with Gasteiger partial charge < -0.3 is 9.88 Å². The van der Waals surface area contributed by atoms with Crippen LogP contribution >= 0.6 is 0 Å². The van der Waals surface area contributed by atoms with E-state index in [0.717, 1.165) is 35.1 Å². The van der Waals surface area contributed by atoms with Crippen LogP contribution in [0.2, 0.25) is 0 Å². The van der Waals surface area contributed by atoms with Crippen molar-refractivity contribution in [3.05, 3.63) is 35.3 Å². The average molecular weight is 230 g/mol. The van der Waals surface area contributed by atoms with Gasteiger partial charge in [-0.05, 0) is 18.2 Å². The van der Waals surface area contributed by atoms with E-state index in [1.807, 2.05) is 0 Å². The number of H-pyrrole nitrogens is 1. The maximum atomic E-state index is 13.2. The minimum atomic E-state index is -0.237. The Morgan fingerprint density at radius 3 is 3.06 bits per heavy atom. The predicted octanol–water partition coefficient (Wildman–Crippen LogP) is 1.42. The van der Waals surface area contributed by atoms with Crippen LogP contribution in [0.15, 0.2) is 18.2 Å². The maximum absolute atomic E-state index is 13.2. The van der Waals surface area contributed by atoms with Gasteiger partial charge in [-0.2, -0.15) is 0 Å². The zero-order valence-corrected chi connectivity index (χ0v) is 9.59. The third kappa shape index (κ3) is 1.62. The highest BCUT2D eigenvalue weighted by Gasteiger charge is 2.21. The van der Waals surface area contributed by atoms with Gasteiger partial charge in [0.25, 0.3) is 0 Å². The van der Waals surface area contributed by atoms with E-state index in [0.29, 0.717) is 6.54 Å². The number of carbonyl (C=O) groups is 1. The van der Waals surface area contributed by atoms with E-state index in [1.54, 1.807) is 18.8 Å². The second kappa shape index (κ2) is 3.62. The molecule has 2 aromatic rings. The smallest absolute Gasteiger partial charge is 0.215 e. The molecule has 1 aromatic carbocycles. The minimum absolute atomic E-state index is 0.0707. The highest BCUT2D eigenvalue weighted by atomic mass is 19.1. The predicted molar refractivity (Wildman–Crippen MR) is 66.3 cm³/mol. The van der Waals surface area contributed by atoms with Gasteiger partial charge in [-0.3, -0.25) is 4.79 Å². The monoisotopic (exact) mass is 230 g/mol. The molecule has 0 saturated heterocycles. The summed E-state index contributed by atoms with van der Waals surface area (Å²) < 4.78 is 13.2. The first-order chi connectivity index (χ1) is 8.15. The number of nitrogens with one attached hydrogen (secondary N) is 1. The Hall–Kier alpha value is -1.78. The van der Waals surface area contributed by atoms with Crippen molar-refractivity contribution in [1.29, 1.82) is 0 Å². The van der Waals surface area contributed by atoms with Gasteiger partial charge in [0.05, 0.1) is 0 Å². The second-order valence-electron chi connectivity index (χ2n) is 4.46. The van der Waals surface area contributed by atoms with Crippen LogP contribution in [-0.4, -0.2) is 30.1 Å². The highest BCUT2D eigenvalue weighted by Crippen LogP contribution is 2.28. The Balaban J connectivity index is 2.13. The molecule has 1 aromatic heterocycles. The lowest BCUT2D eigenvalue weighted by molar-refractivity contribution is 0.216. The Morgan fingerprint density at radius 2 is 2.29 bits per heavy atom. The number of hydrogen-bond acceptors (Lipinski definition) is 1. The lowest BCUT2D eigenvalue weighted by Crippen LogP contribution is -2.34. The first-order valence-corrected chi connectivity index (χ1v) is 5.69. The van der Waals surface area contributed by atoms with E-state index in [2.05, 4.69) is 4.98 Å². The average Bonchev–Trinajstić information content (AvgIpc) is 2.66. The van der Waals surface area contributed by atoms with Crippen LogP contribution in [-0.2, 0) is 13.0 Å². The molecule has 86 valence electrons. The van der Waals surface area contributed by atoms with E-state index >= 15 is 0 Å². The Morgan fingerprint density at radius 1 is 1.47 bits per heavy atom. The van der Waals surface area contributed by atoms with Gasteiger partial charge >= 0.3 is 0 Å². The number of benzene rings is 1. The highest BCUT2D eigenvalue weighted by molar-refractivity contribution is 6.56. The zero-order valence-electron chi connectivity index (χ0n) is 9.59. The number of rotatable bonds is 0. The molecule has 0 saturated carbocycles. The van der Waals surface area contributed by atoms with E-state index in [1.165, 1.54) is 12.1 Å². The van der Waals surface area contributed by atoms with E-state index < -0.39 is 0 Å². The summed E-state index contributed by atoms with van der Waals surface area (Å²) in [6, 6.07) is 4.74. The molecule has 0 bridgehead atoms. The summed E-state index contributed by atoms with van der Waals surface area (Å²) in [6.45, 7) is 1.31. The van der Waals surface area contributed by atoms with E-state index in [4.69, 9.17) is 0 Å². The molecule has 0 atom stereocenters. The lowest BCUT2D eigenvalue weighted by Gasteiger charge is -2.26. The minimum Gasteiger partial charge on any atom is -0.358 e. The van der Waals surface area contributed by atoms with Crippen LogP contribution in [0.4, 0.5) is 9.18 Å². The Kier molecular flexibility index (Phi) is 2.21. The largest absolute Gasteiger partial charge is 0.358 e. The standard InChI is InChI=1S/C12H12BFN2O/c13-12(17)16-4-3-11-9(6-16)8-5-7(14)1-2-10(8)15-11/h1-2,5,15H,3-4,6,13H2. The number of nitrogens with zero attached hydrogens (tertiary/aromatic N) is 1. The molecular weight excluding hydrogens is 218 g/mol. The van der Waals surface area contributed by atoms with Gasteiger partial charge in [-0.25, -0.2) is 4.39 Å². The molecule has 1 amide bonds. The summed E-state index contributed by atoms with van der Waals surface area (Å²) in [6.07, 6.45) is 0.811. The van der Waals surface area contributed by atoms with Gasteiger partial charge in [0.2, 0.25) is 7.85 Å². The third-order valence-corrected chi connectivity index (χ3v) is 3.38. The molecule has 1 aliphatic heterocycles. The molecule has 17 heavy (non-hydrogen) atoms. The second-order valence-corrected chi connectivity index (χ2v) is 4.46. The molecular formula is C12H12BFN2O. The van der Waals surface area contributed by atoms with Crippen LogP contribution in [0.25, 0.3) is 10.9 Å². The van der Waals surface area contributed by atoms with Crippen molar-refractivity contribution in [2.75, 3.05) is 6.54 Å². The molecule has 3 rings (SSSR count). The summed E-state index contributed by atoms with van der Waals surface area (Å²) in [7, 11) is 1.57. The molecule has 0 radical (unpaired) electrons. The molecule has 0 unspecified atom stereocenters. The van der Waals surface area contributed by atoms with Crippen molar-refractivity contribution in [1.82, 2.24) is 9.88 Å². The third-order valence-electron chi connectivity index (χ3n) is 3.38. The molecule has 0 fully saturated rings. The Labute approximate surface area is 99.0 Å². The van der Waals surface area contributed by atoms with Gasteiger partial charge in [0.15, 0.2) is 5.81 Å². The topological polar surface area (TPSA) is 36.1 Å². The summed E-state index contributed by atoms with van der Waals surface area (Å²) in [4.78, 5) is 16.5. The van der Waals surface area contributed by atoms with Crippen molar-refractivity contribution in [3.63, 3.8) is 0 Å². The zero-order chi connectivity index (χ0) is 12.0. The quantitative estimate of drug-likeness (QED) is 0.682. The van der Waals surface area contributed by atoms with Crippen LogP contribution in [0.3, 0.4) is 0 Å². The summed E-state index contributed by atoms with van der Waals surface area (Å²) in [5.74, 6) is -0.166. The van der Waals surface area contributed by atoms with Crippen LogP contribution < -0.4 is 0 Å². The number of amides is 1. The molecule has 0 spiro atoms. The normalized spacial score (nSPS) is 15.0. The number of hydrogen-bond donors (Lipinski definition) is 1. The Bertz CT molecular complexity index is 608. The number of halogens is 1. The molecule has 1 N–H and O–H groups in total. The fourth-order valence-electron chi connectivity index (χ4n) is 2.46. The van der Waals surface area contributed by atoms with Gasteiger partial charge in [0.1, 0.15) is 5.82 Å². The number of aromatic amines is 1. The number of aromatic nitrogens is 1. The van der Waals surface area contributed by atoms with Crippen molar-refractivity contribution in [3.8, 4) is 0 Å². The fourth-order valence-corrected chi connectivity index (χ4v) is 2.46. The molecule has 5 heteroatoms. The first kappa shape index (κ1) is 10.4. The van der Waals surface area contributed by atoms with Crippen LogP contribution in [0.1, 0.15) is 11.3 Å². The number of fused-ring (bicyclic) bond motifs is 3. The van der Waals surface area contributed by atoms with Gasteiger partial charge in [-0.15, -0.1) is 0 Å². The van der Waals surface area contributed by atoms with Crippen LogP contribution in [0.5, 0.6) is 0 Å². The molecule has 2 heterocycles. The van der Waals surface area contributed by atoms with Crippen molar-refractivity contribution < 1.29 is 9.18 Å². The fraction of sp³-hybridized carbons (Fsp3) is 0.250. The van der Waals surface area contributed by atoms with Gasteiger partial charge in [0, 0.05) is 41.7 Å². The van der Waals surface area contributed by atoms with Crippen LogP contribution in [0, 0.1) is 5.82 Å². The molecule has 3 nitrogen and oxygen atoms in total. The summed E-state index contributed by atoms with van der Waals surface area (Å²) in [5, 5.41) is 0.894. The number of carbonyl (C=O) groups excluding carboxylic acids is 1. The lowest BCUT2D eigenvalue weighted by atomic mass is 10.0. The summed E-state index contributed by atoms with van der Waals surface area (Å²) in [5.41, 5.74) is 3.13. The SMILES string of the molecule is BC(=O)N1CCc2[nH]c3ccc(F)cc3c2C1. The molecule has 1 aliphatic rings. The van der Waals surface area contributed by atoms with Crippen molar-refractivity contribution in [2.45, 2.75) is 13.0 Å².